The van der Waals surface area contributed by atoms with Crippen molar-refractivity contribution in [3.63, 3.8) is 0 Å². The number of hydrogen-bond donors (Lipinski definition) is 2. The van der Waals surface area contributed by atoms with E-state index in [0.717, 1.165) is 36.9 Å². The molecule has 0 aromatic carbocycles. The van der Waals surface area contributed by atoms with Crippen LogP contribution < -0.4 is 5.32 Å². The normalized spacial score (nSPS) is 12.0. The third kappa shape index (κ3) is 4.18. The molecule has 0 fully saturated rings. The van der Waals surface area contributed by atoms with Crippen molar-refractivity contribution in [2.24, 2.45) is 0 Å². The van der Waals surface area contributed by atoms with E-state index >= 15 is 0 Å². The van der Waals surface area contributed by atoms with Crippen LogP contribution in [0.3, 0.4) is 0 Å². The maximum absolute atomic E-state index is 5.36. The van der Waals surface area contributed by atoms with Gasteiger partial charge in [-0.15, -0.1) is 0 Å². The number of nitrogens with one attached hydrogen (secondary N) is 2. The highest BCUT2D eigenvalue weighted by Crippen LogP contribution is 2.14. The molecular weight excluding hydrogens is 250 g/mol. The van der Waals surface area contributed by atoms with Crippen LogP contribution in [0.2, 0.25) is 6.04 Å². The molecule has 0 aliphatic heterocycles. The van der Waals surface area contributed by atoms with Crippen LogP contribution in [0.25, 0.3) is 0 Å². The average molecular weight is 273 g/mol. The molecule has 2 N–H and O–H groups in total. The lowest BCUT2D eigenvalue weighted by molar-refractivity contribution is 0.123. The Hall–Kier alpha value is -0.733. The molecule has 0 amide bonds. The molecule has 0 saturated heterocycles. The van der Waals surface area contributed by atoms with Gasteiger partial charge in [-0.2, -0.15) is 0 Å². The average Bonchev–Trinajstić information content (AvgIpc) is 2.80. The predicted molar refractivity (Wildman–Crippen MR) is 71.2 cm³/mol. The number of hydrogen-bond acceptors (Lipinski definition) is 5. The van der Waals surface area contributed by atoms with Gasteiger partial charge >= 0.3 is 8.80 Å². The Kier molecular flexibility index (Phi) is 6.51. The van der Waals surface area contributed by atoms with E-state index in [1.807, 2.05) is 6.92 Å². The summed E-state index contributed by atoms with van der Waals surface area (Å²) in [6.45, 7) is 3.68. The van der Waals surface area contributed by atoms with Gasteiger partial charge in [-0.05, 0) is 19.9 Å². The first-order valence-corrected chi connectivity index (χ1v) is 7.95. The number of aromatic nitrogens is 2. The first-order valence-electron chi connectivity index (χ1n) is 6.02. The zero-order valence-electron chi connectivity index (χ0n) is 11.6. The molecule has 1 rings (SSSR count). The highest BCUT2D eigenvalue weighted by atomic mass is 28.4. The van der Waals surface area contributed by atoms with E-state index in [9.17, 15) is 0 Å². The quantitative estimate of drug-likeness (QED) is 0.520. The van der Waals surface area contributed by atoms with Crippen LogP contribution in [-0.4, -0.2) is 46.6 Å². The second-order valence-corrected chi connectivity index (χ2v) is 7.14. The van der Waals surface area contributed by atoms with Gasteiger partial charge in [0, 0.05) is 39.6 Å². The monoisotopic (exact) mass is 273 g/mol. The third-order valence-corrected chi connectivity index (χ3v) is 5.83. The summed E-state index contributed by atoms with van der Waals surface area (Å²) in [6, 6.07) is 0.809. The van der Waals surface area contributed by atoms with E-state index in [1.165, 1.54) is 0 Å². The Labute approximate surface area is 109 Å². The molecule has 104 valence electrons. The van der Waals surface area contributed by atoms with Gasteiger partial charge in [-0.25, -0.2) is 4.98 Å². The van der Waals surface area contributed by atoms with Crippen molar-refractivity contribution in [1.29, 1.82) is 0 Å². The van der Waals surface area contributed by atoms with E-state index in [4.69, 9.17) is 13.3 Å². The summed E-state index contributed by atoms with van der Waals surface area (Å²) in [7, 11) is 2.51. The van der Waals surface area contributed by atoms with Gasteiger partial charge in [0.15, 0.2) is 0 Å². The number of nitrogens with zero attached hydrogens (tertiary/aromatic N) is 1. The van der Waals surface area contributed by atoms with Crippen LogP contribution >= 0.6 is 0 Å². The van der Waals surface area contributed by atoms with E-state index in [-0.39, 0.29) is 0 Å². The van der Waals surface area contributed by atoms with Crippen LogP contribution in [0, 0.1) is 6.92 Å². The van der Waals surface area contributed by atoms with E-state index in [1.54, 1.807) is 27.7 Å². The van der Waals surface area contributed by atoms with Crippen LogP contribution in [-0.2, 0) is 19.8 Å². The minimum absolute atomic E-state index is 0.775. The number of H-pyrrole nitrogens is 1. The summed E-state index contributed by atoms with van der Waals surface area (Å²) in [4.78, 5) is 7.28. The SMILES string of the molecule is CO[Si](CCCNCc1nc[nH]c1C)(OC)OC. The number of rotatable bonds is 9. The fourth-order valence-electron chi connectivity index (χ4n) is 1.76. The lowest BCUT2D eigenvalue weighted by Crippen LogP contribution is -2.43. The Morgan fingerprint density at radius 3 is 2.44 bits per heavy atom. The Morgan fingerprint density at radius 1 is 1.28 bits per heavy atom. The summed E-state index contributed by atoms with van der Waals surface area (Å²) in [6.07, 6.45) is 2.66. The lowest BCUT2D eigenvalue weighted by Gasteiger charge is -2.24. The molecule has 1 aromatic heterocycles. The summed E-state index contributed by atoms with van der Waals surface area (Å²) in [5, 5.41) is 3.35. The minimum atomic E-state index is -2.41. The summed E-state index contributed by atoms with van der Waals surface area (Å²) in [5.41, 5.74) is 2.17. The Balaban J connectivity index is 2.20. The number of aromatic amines is 1. The second-order valence-electron chi connectivity index (χ2n) is 4.05. The molecule has 1 aromatic rings. The molecule has 0 radical (unpaired) electrons. The van der Waals surface area contributed by atoms with Crippen molar-refractivity contribution in [3.8, 4) is 0 Å². The molecule has 6 nitrogen and oxygen atoms in total. The molecule has 0 spiro atoms. The van der Waals surface area contributed by atoms with Gasteiger partial charge in [-0.1, -0.05) is 0 Å². The van der Waals surface area contributed by atoms with Gasteiger partial charge in [0.1, 0.15) is 0 Å². The maximum Gasteiger partial charge on any atom is 0.500 e. The lowest BCUT2D eigenvalue weighted by atomic mass is 10.3. The largest absolute Gasteiger partial charge is 0.500 e. The zero-order chi connectivity index (χ0) is 13.4. The van der Waals surface area contributed by atoms with E-state index in [2.05, 4.69) is 15.3 Å². The first kappa shape index (κ1) is 15.3. The Bertz CT molecular complexity index is 334. The first-order chi connectivity index (χ1) is 8.67. The van der Waals surface area contributed by atoms with Crippen molar-refractivity contribution in [1.82, 2.24) is 15.3 Å². The highest BCUT2D eigenvalue weighted by Gasteiger charge is 2.36. The molecule has 18 heavy (non-hydrogen) atoms. The molecular formula is C11H23N3O3Si. The molecule has 0 saturated carbocycles. The van der Waals surface area contributed by atoms with Crippen LogP contribution in [0.1, 0.15) is 17.8 Å². The summed E-state index contributed by atoms with van der Waals surface area (Å²) >= 11 is 0. The molecule has 0 unspecified atom stereocenters. The summed E-state index contributed by atoms with van der Waals surface area (Å²) < 4.78 is 16.1. The van der Waals surface area contributed by atoms with E-state index in [0.29, 0.717) is 0 Å². The molecule has 0 aliphatic carbocycles. The highest BCUT2D eigenvalue weighted by molar-refractivity contribution is 6.60. The predicted octanol–water partition coefficient (Wildman–Crippen LogP) is 1.08. The van der Waals surface area contributed by atoms with Crippen molar-refractivity contribution >= 4 is 8.80 Å². The van der Waals surface area contributed by atoms with Crippen LogP contribution in [0.4, 0.5) is 0 Å². The van der Waals surface area contributed by atoms with E-state index < -0.39 is 8.80 Å². The number of imidazole rings is 1. The fraction of sp³-hybridized carbons (Fsp3) is 0.727. The zero-order valence-corrected chi connectivity index (χ0v) is 12.6. The Morgan fingerprint density at radius 2 is 1.94 bits per heavy atom. The molecule has 1 heterocycles. The maximum atomic E-state index is 5.36. The van der Waals surface area contributed by atoms with Crippen LogP contribution in [0.15, 0.2) is 6.33 Å². The van der Waals surface area contributed by atoms with Crippen molar-refractivity contribution in [3.05, 3.63) is 17.7 Å². The van der Waals surface area contributed by atoms with Gasteiger partial charge in [0.05, 0.1) is 12.0 Å². The van der Waals surface area contributed by atoms with Gasteiger partial charge in [-0.3, -0.25) is 0 Å². The third-order valence-electron chi connectivity index (χ3n) is 3.00. The van der Waals surface area contributed by atoms with Crippen molar-refractivity contribution in [2.45, 2.75) is 25.9 Å². The fourth-order valence-corrected chi connectivity index (χ4v) is 3.48. The van der Waals surface area contributed by atoms with Crippen molar-refractivity contribution in [2.75, 3.05) is 27.9 Å². The molecule has 0 bridgehead atoms. The minimum Gasteiger partial charge on any atom is -0.377 e. The second kappa shape index (κ2) is 7.65. The molecule has 0 atom stereocenters. The van der Waals surface area contributed by atoms with Gasteiger partial charge < -0.3 is 23.6 Å². The topological polar surface area (TPSA) is 68.4 Å². The summed E-state index contributed by atoms with van der Waals surface area (Å²) in [5.74, 6) is 0. The number of aryl methyl sites for hydroxylation is 1. The standard InChI is InChI=1S/C11H23N3O3Si/c1-10-11(14-9-13-10)8-12-6-5-7-18(15-2,16-3)17-4/h9,12H,5-8H2,1-4H3,(H,13,14). The van der Waals surface area contributed by atoms with Crippen LogP contribution in [0.5, 0.6) is 0 Å². The smallest absolute Gasteiger partial charge is 0.377 e. The molecule has 7 heteroatoms. The molecule has 0 aliphatic rings. The van der Waals surface area contributed by atoms with Gasteiger partial charge in [0.25, 0.3) is 0 Å². The van der Waals surface area contributed by atoms with Gasteiger partial charge in [0.2, 0.25) is 0 Å². The van der Waals surface area contributed by atoms with Crippen molar-refractivity contribution < 1.29 is 13.3 Å².